The van der Waals surface area contributed by atoms with Crippen molar-refractivity contribution in [1.29, 1.82) is 0 Å². The molecule has 0 fully saturated rings. The number of hydrogen-bond donors (Lipinski definition) is 1. The van der Waals surface area contributed by atoms with E-state index >= 15 is 0 Å². The molecule has 1 aromatic carbocycles. The average molecular weight is 244 g/mol. The number of aliphatic hydroxyl groups is 1. The summed E-state index contributed by atoms with van der Waals surface area (Å²) in [5.41, 5.74) is 0.488. The lowest BCUT2D eigenvalue weighted by molar-refractivity contribution is 0.0611. The molecular formula is C13H18F2O2. The first-order chi connectivity index (χ1) is 7.99. The summed E-state index contributed by atoms with van der Waals surface area (Å²) in [7, 11) is 0. The first kappa shape index (κ1) is 13.9. The second-order valence-corrected chi connectivity index (χ2v) is 4.42. The number of aliphatic hydroxyl groups excluding tert-OH is 1. The highest BCUT2D eigenvalue weighted by Gasteiger charge is 2.14. The Morgan fingerprint density at radius 1 is 1.18 bits per heavy atom. The van der Waals surface area contributed by atoms with Crippen molar-refractivity contribution < 1.29 is 18.6 Å². The lowest BCUT2D eigenvalue weighted by atomic mass is 10.1. The van der Waals surface area contributed by atoms with Gasteiger partial charge in [0.25, 0.3) is 0 Å². The van der Waals surface area contributed by atoms with E-state index in [0.717, 1.165) is 0 Å². The Balaban J connectivity index is 2.55. The smallest absolute Gasteiger partial charge is 0.241 e. The Kier molecular flexibility index (Phi) is 5.35. The highest BCUT2D eigenvalue weighted by molar-refractivity contribution is 5.28. The maximum Gasteiger partial charge on any atom is 0.241 e. The van der Waals surface area contributed by atoms with E-state index in [-0.39, 0.29) is 0 Å². The molecule has 4 heteroatoms. The molecule has 96 valence electrons. The summed E-state index contributed by atoms with van der Waals surface area (Å²) in [4.78, 5) is 0. The molecular weight excluding hydrogens is 226 g/mol. The highest BCUT2D eigenvalue weighted by Crippen LogP contribution is 2.22. The number of alkyl halides is 2. The van der Waals surface area contributed by atoms with E-state index in [1.165, 1.54) is 0 Å². The number of rotatable bonds is 6. The summed E-state index contributed by atoms with van der Waals surface area (Å²) >= 11 is 0. The van der Waals surface area contributed by atoms with Gasteiger partial charge in [-0.2, -0.15) is 0 Å². The fourth-order valence-corrected chi connectivity index (χ4v) is 1.35. The topological polar surface area (TPSA) is 29.5 Å². The van der Waals surface area contributed by atoms with Crippen molar-refractivity contribution in [3.8, 4) is 5.75 Å². The minimum atomic E-state index is -2.50. The van der Waals surface area contributed by atoms with Gasteiger partial charge >= 0.3 is 0 Å². The molecule has 0 spiro atoms. The Hall–Kier alpha value is -1.16. The van der Waals surface area contributed by atoms with Gasteiger partial charge in [0.15, 0.2) is 0 Å². The van der Waals surface area contributed by atoms with Crippen LogP contribution in [-0.2, 0) is 0 Å². The number of hydrogen-bond acceptors (Lipinski definition) is 2. The second kappa shape index (κ2) is 6.55. The molecule has 17 heavy (non-hydrogen) atoms. The quantitative estimate of drug-likeness (QED) is 0.831. The van der Waals surface area contributed by atoms with E-state index < -0.39 is 19.0 Å². The van der Waals surface area contributed by atoms with Crippen molar-refractivity contribution >= 4 is 0 Å². The summed E-state index contributed by atoms with van der Waals surface area (Å²) < 4.78 is 29.6. The van der Waals surface area contributed by atoms with Gasteiger partial charge in [0.05, 0.1) is 12.7 Å². The summed E-state index contributed by atoms with van der Waals surface area (Å²) in [6.45, 7) is 4.69. The van der Waals surface area contributed by atoms with Crippen LogP contribution in [-0.4, -0.2) is 18.1 Å². The van der Waals surface area contributed by atoms with Crippen LogP contribution in [0.4, 0.5) is 8.78 Å². The molecule has 1 unspecified atom stereocenters. The van der Waals surface area contributed by atoms with Gasteiger partial charge in [-0.1, -0.05) is 26.0 Å². The van der Waals surface area contributed by atoms with Crippen LogP contribution >= 0.6 is 0 Å². The SMILES string of the molecule is CC(C)COc1ccc(C(O)CC(F)F)cc1. The first-order valence-electron chi connectivity index (χ1n) is 5.68. The van der Waals surface area contributed by atoms with Gasteiger partial charge in [-0.3, -0.25) is 0 Å². The predicted octanol–water partition coefficient (Wildman–Crippen LogP) is 3.41. The van der Waals surface area contributed by atoms with Gasteiger partial charge in [-0.25, -0.2) is 8.78 Å². The van der Waals surface area contributed by atoms with Crippen LogP contribution in [0, 0.1) is 5.92 Å². The molecule has 0 saturated heterocycles. The van der Waals surface area contributed by atoms with Gasteiger partial charge < -0.3 is 9.84 Å². The molecule has 2 nitrogen and oxygen atoms in total. The van der Waals surface area contributed by atoms with Crippen molar-refractivity contribution in [2.75, 3.05) is 6.61 Å². The normalized spacial score (nSPS) is 13.1. The fourth-order valence-electron chi connectivity index (χ4n) is 1.35. The molecule has 1 N–H and O–H groups in total. The van der Waals surface area contributed by atoms with Gasteiger partial charge in [-0.05, 0) is 23.6 Å². The minimum absolute atomic E-state index is 0.430. The Labute approximate surface area is 100 Å². The molecule has 0 saturated carbocycles. The number of benzene rings is 1. The summed E-state index contributed by atoms with van der Waals surface area (Å²) in [5, 5.41) is 9.48. The largest absolute Gasteiger partial charge is 0.493 e. The van der Waals surface area contributed by atoms with Crippen molar-refractivity contribution in [2.24, 2.45) is 5.92 Å². The third-order valence-corrected chi connectivity index (χ3v) is 2.25. The molecule has 1 atom stereocenters. The van der Waals surface area contributed by atoms with Gasteiger partial charge in [0, 0.05) is 6.42 Å². The zero-order valence-corrected chi connectivity index (χ0v) is 10.1. The molecule has 1 rings (SSSR count). The highest BCUT2D eigenvalue weighted by atomic mass is 19.3. The Morgan fingerprint density at radius 3 is 2.24 bits per heavy atom. The molecule has 0 amide bonds. The van der Waals surface area contributed by atoms with Crippen LogP contribution in [0.3, 0.4) is 0 Å². The molecule has 0 aliphatic heterocycles. The molecule has 1 aromatic rings. The van der Waals surface area contributed by atoms with E-state index in [4.69, 9.17) is 4.74 Å². The average Bonchev–Trinajstić information content (AvgIpc) is 2.26. The van der Waals surface area contributed by atoms with Crippen LogP contribution in [0.25, 0.3) is 0 Å². The maximum absolute atomic E-state index is 12.1. The minimum Gasteiger partial charge on any atom is -0.493 e. The van der Waals surface area contributed by atoms with Crippen molar-refractivity contribution in [1.82, 2.24) is 0 Å². The summed E-state index contributed by atoms with van der Waals surface area (Å²) in [6, 6.07) is 6.60. The molecule has 0 bridgehead atoms. The van der Waals surface area contributed by atoms with E-state index in [2.05, 4.69) is 0 Å². The van der Waals surface area contributed by atoms with Crippen LogP contribution in [0.2, 0.25) is 0 Å². The zero-order chi connectivity index (χ0) is 12.8. The molecule has 0 aromatic heterocycles. The lowest BCUT2D eigenvalue weighted by Gasteiger charge is -2.12. The van der Waals surface area contributed by atoms with E-state index in [1.807, 2.05) is 13.8 Å². The summed E-state index contributed by atoms with van der Waals surface area (Å²) in [5.74, 6) is 1.12. The van der Waals surface area contributed by atoms with Crippen molar-refractivity contribution in [3.05, 3.63) is 29.8 Å². The molecule has 0 heterocycles. The molecule has 0 aliphatic rings. The fraction of sp³-hybridized carbons (Fsp3) is 0.538. The second-order valence-electron chi connectivity index (χ2n) is 4.42. The first-order valence-corrected chi connectivity index (χ1v) is 5.68. The molecule has 0 radical (unpaired) electrons. The third-order valence-electron chi connectivity index (χ3n) is 2.25. The van der Waals surface area contributed by atoms with Gasteiger partial charge in [0.2, 0.25) is 6.43 Å². The van der Waals surface area contributed by atoms with Crippen LogP contribution < -0.4 is 4.74 Å². The zero-order valence-electron chi connectivity index (χ0n) is 10.1. The lowest BCUT2D eigenvalue weighted by Crippen LogP contribution is -2.05. The Bertz CT molecular complexity index is 323. The van der Waals surface area contributed by atoms with Gasteiger partial charge in [0.1, 0.15) is 5.75 Å². The Morgan fingerprint density at radius 2 is 1.76 bits per heavy atom. The van der Waals surface area contributed by atoms with Crippen LogP contribution in [0.5, 0.6) is 5.75 Å². The van der Waals surface area contributed by atoms with Gasteiger partial charge in [-0.15, -0.1) is 0 Å². The van der Waals surface area contributed by atoms with Crippen molar-refractivity contribution in [2.45, 2.75) is 32.8 Å². The van der Waals surface area contributed by atoms with Crippen LogP contribution in [0.15, 0.2) is 24.3 Å². The third kappa shape index (κ3) is 5.13. The molecule has 0 aliphatic carbocycles. The number of ether oxygens (including phenoxy) is 1. The van der Waals surface area contributed by atoms with Crippen molar-refractivity contribution in [3.63, 3.8) is 0 Å². The van der Waals surface area contributed by atoms with E-state index in [1.54, 1.807) is 24.3 Å². The van der Waals surface area contributed by atoms with E-state index in [9.17, 15) is 13.9 Å². The van der Waals surface area contributed by atoms with E-state index in [0.29, 0.717) is 23.8 Å². The van der Waals surface area contributed by atoms with Crippen LogP contribution in [0.1, 0.15) is 31.9 Å². The maximum atomic E-state index is 12.1. The standard InChI is InChI=1S/C13H18F2O2/c1-9(2)8-17-11-5-3-10(4-6-11)12(16)7-13(14)15/h3-6,9,12-13,16H,7-8H2,1-2H3. The predicted molar refractivity (Wildman–Crippen MR) is 62.4 cm³/mol. The summed E-state index contributed by atoms with van der Waals surface area (Å²) in [6.07, 6.45) is -4.15. The number of halogens is 2. The monoisotopic (exact) mass is 244 g/mol.